The monoisotopic (exact) mass is 253 g/mol. The molecule has 1 aromatic carbocycles. The Kier molecular flexibility index (Phi) is 2.50. The van der Waals surface area contributed by atoms with Crippen molar-refractivity contribution >= 4 is 26.8 Å². The molecule has 2 nitrogen and oxygen atoms in total. The maximum atomic E-state index is 5.36. The van der Waals surface area contributed by atoms with E-state index in [1.807, 2.05) is 12.3 Å². The summed E-state index contributed by atoms with van der Waals surface area (Å²) in [5, 5.41) is 1.19. The molecule has 0 saturated heterocycles. The number of ether oxygens (including phenoxy) is 1. The highest BCUT2D eigenvalue weighted by atomic mass is 79.9. The standard InChI is InChI=1S/C11H12BrNO/c1-3-7-6-13-9-4-8(12)5-10(14-2)11(7)9/h4-6,13H,3H2,1-2H3. The average molecular weight is 254 g/mol. The average Bonchev–Trinajstić information content (AvgIpc) is 2.59. The van der Waals surface area contributed by atoms with Gasteiger partial charge in [-0.15, -0.1) is 0 Å². The minimum Gasteiger partial charge on any atom is -0.496 e. The molecule has 0 saturated carbocycles. The summed E-state index contributed by atoms with van der Waals surface area (Å²) in [4.78, 5) is 3.24. The van der Waals surface area contributed by atoms with E-state index in [1.54, 1.807) is 7.11 Å². The van der Waals surface area contributed by atoms with Crippen LogP contribution in [-0.2, 0) is 6.42 Å². The molecule has 2 aromatic rings. The molecular weight excluding hydrogens is 242 g/mol. The summed E-state index contributed by atoms with van der Waals surface area (Å²) in [5.74, 6) is 0.924. The zero-order valence-corrected chi connectivity index (χ0v) is 9.81. The van der Waals surface area contributed by atoms with Crippen LogP contribution in [0.15, 0.2) is 22.8 Å². The lowest BCUT2D eigenvalue weighted by Crippen LogP contribution is -1.86. The van der Waals surface area contributed by atoms with Crippen molar-refractivity contribution in [3.05, 3.63) is 28.4 Å². The maximum Gasteiger partial charge on any atom is 0.129 e. The van der Waals surface area contributed by atoms with Crippen molar-refractivity contribution in [2.75, 3.05) is 7.11 Å². The van der Waals surface area contributed by atoms with Gasteiger partial charge in [-0.2, -0.15) is 0 Å². The van der Waals surface area contributed by atoms with Crippen LogP contribution in [-0.4, -0.2) is 12.1 Å². The van der Waals surface area contributed by atoms with Crippen molar-refractivity contribution in [1.82, 2.24) is 4.98 Å². The number of H-pyrrole nitrogens is 1. The fourth-order valence-electron chi connectivity index (χ4n) is 1.70. The van der Waals surface area contributed by atoms with Crippen LogP contribution in [0.5, 0.6) is 5.75 Å². The van der Waals surface area contributed by atoms with E-state index in [-0.39, 0.29) is 0 Å². The van der Waals surface area contributed by atoms with E-state index in [9.17, 15) is 0 Å². The molecule has 0 radical (unpaired) electrons. The van der Waals surface area contributed by atoms with Gasteiger partial charge in [0.25, 0.3) is 0 Å². The molecule has 0 aliphatic carbocycles. The molecule has 1 heterocycles. The number of methoxy groups -OCH3 is 1. The van der Waals surface area contributed by atoms with Gasteiger partial charge >= 0.3 is 0 Å². The second-order valence-corrected chi connectivity index (χ2v) is 4.11. The lowest BCUT2D eigenvalue weighted by molar-refractivity contribution is 0.419. The topological polar surface area (TPSA) is 25.0 Å². The first kappa shape index (κ1) is 9.59. The molecule has 3 heteroatoms. The summed E-state index contributed by atoms with van der Waals surface area (Å²) in [5.41, 5.74) is 2.41. The number of aryl methyl sites for hydroxylation is 1. The molecule has 74 valence electrons. The van der Waals surface area contributed by atoms with E-state index in [0.717, 1.165) is 22.2 Å². The number of halogens is 1. The first-order chi connectivity index (χ1) is 6.76. The smallest absolute Gasteiger partial charge is 0.129 e. The molecule has 0 atom stereocenters. The van der Waals surface area contributed by atoms with Crippen molar-refractivity contribution in [2.45, 2.75) is 13.3 Å². The van der Waals surface area contributed by atoms with Crippen LogP contribution >= 0.6 is 15.9 Å². The third-order valence-electron chi connectivity index (χ3n) is 2.39. The van der Waals surface area contributed by atoms with Gasteiger partial charge in [-0.25, -0.2) is 0 Å². The van der Waals surface area contributed by atoms with E-state index >= 15 is 0 Å². The lowest BCUT2D eigenvalue weighted by atomic mass is 10.1. The number of benzene rings is 1. The summed E-state index contributed by atoms with van der Waals surface area (Å²) < 4.78 is 6.39. The summed E-state index contributed by atoms with van der Waals surface area (Å²) in [6.07, 6.45) is 3.05. The third-order valence-corrected chi connectivity index (χ3v) is 2.85. The van der Waals surface area contributed by atoms with Gasteiger partial charge in [-0.05, 0) is 24.1 Å². The van der Waals surface area contributed by atoms with Crippen LogP contribution < -0.4 is 4.74 Å². The third kappa shape index (κ3) is 1.42. The van der Waals surface area contributed by atoms with Gasteiger partial charge in [0, 0.05) is 16.1 Å². The molecule has 0 amide bonds. The highest BCUT2D eigenvalue weighted by Crippen LogP contribution is 2.32. The molecule has 0 unspecified atom stereocenters. The fourth-order valence-corrected chi connectivity index (χ4v) is 2.14. The number of hydrogen-bond acceptors (Lipinski definition) is 1. The maximum absolute atomic E-state index is 5.36. The van der Waals surface area contributed by atoms with Gasteiger partial charge in [0.05, 0.1) is 12.6 Å². The number of aromatic amines is 1. The van der Waals surface area contributed by atoms with Crippen molar-refractivity contribution in [3.63, 3.8) is 0 Å². The summed E-state index contributed by atoms with van der Waals surface area (Å²) in [6.45, 7) is 2.14. The summed E-state index contributed by atoms with van der Waals surface area (Å²) in [6, 6.07) is 4.06. The predicted molar refractivity (Wildman–Crippen MR) is 61.9 cm³/mol. The predicted octanol–water partition coefficient (Wildman–Crippen LogP) is 3.50. The van der Waals surface area contributed by atoms with Crippen molar-refractivity contribution < 1.29 is 4.74 Å². The van der Waals surface area contributed by atoms with E-state index < -0.39 is 0 Å². The van der Waals surface area contributed by atoms with E-state index in [0.29, 0.717) is 0 Å². The fraction of sp³-hybridized carbons (Fsp3) is 0.273. The quantitative estimate of drug-likeness (QED) is 0.871. The van der Waals surface area contributed by atoms with Gasteiger partial charge < -0.3 is 9.72 Å². The second-order valence-electron chi connectivity index (χ2n) is 3.20. The Bertz CT molecular complexity index is 462. The number of fused-ring (bicyclic) bond motifs is 1. The molecule has 1 N–H and O–H groups in total. The van der Waals surface area contributed by atoms with Crippen LogP contribution in [0.4, 0.5) is 0 Å². The molecule has 2 rings (SSSR count). The van der Waals surface area contributed by atoms with E-state index in [2.05, 4.69) is 33.9 Å². The van der Waals surface area contributed by atoms with Crippen LogP contribution in [0.3, 0.4) is 0 Å². The van der Waals surface area contributed by atoms with Crippen LogP contribution in [0, 0.1) is 0 Å². The Hall–Kier alpha value is -0.960. The Labute approximate surface area is 91.4 Å². The molecule has 0 aliphatic heterocycles. The van der Waals surface area contributed by atoms with Gasteiger partial charge in [-0.3, -0.25) is 0 Å². The van der Waals surface area contributed by atoms with Crippen LogP contribution in [0.2, 0.25) is 0 Å². The largest absolute Gasteiger partial charge is 0.496 e. The number of hydrogen-bond donors (Lipinski definition) is 1. The Morgan fingerprint density at radius 3 is 2.86 bits per heavy atom. The van der Waals surface area contributed by atoms with Gasteiger partial charge in [0.2, 0.25) is 0 Å². The lowest BCUT2D eigenvalue weighted by Gasteiger charge is -2.04. The first-order valence-corrected chi connectivity index (χ1v) is 5.39. The molecule has 0 fully saturated rings. The van der Waals surface area contributed by atoms with Crippen molar-refractivity contribution in [3.8, 4) is 5.75 Å². The Morgan fingerprint density at radius 2 is 2.21 bits per heavy atom. The van der Waals surface area contributed by atoms with E-state index in [4.69, 9.17) is 4.74 Å². The summed E-state index contributed by atoms with van der Waals surface area (Å²) >= 11 is 3.46. The minimum atomic E-state index is 0.924. The number of aromatic nitrogens is 1. The van der Waals surface area contributed by atoms with Crippen LogP contribution in [0.25, 0.3) is 10.9 Å². The number of rotatable bonds is 2. The highest BCUT2D eigenvalue weighted by molar-refractivity contribution is 9.10. The Morgan fingerprint density at radius 1 is 1.43 bits per heavy atom. The van der Waals surface area contributed by atoms with Gasteiger partial charge in [0.15, 0.2) is 0 Å². The zero-order chi connectivity index (χ0) is 10.1. The van der Waals surface area contributed by atoms with Crippen molar-refractivity contribution in [2.24, 2.45) is 0 Å². The van der Waals surface area contributed by atoms with Crippen LogP contribution in [0.1, 0.15) is 12.5 Å². The Balaban J connectivity index is 2.78. The molecule has 0 bridgehead atoms. The van der Waals surface area contributed by atoms with E-state index in [1.165, 1.54) is 10.9 Å². The molecule has 0 aliphatic rings. The zero-order valence-electron chi connectivity index (χ0n) is 8.23. The number of nitrogens with one attached hydrogen (secondary N) is 1. The van der Waals surface area contributed by atoms with Crippen molar-refractivity contribution in [1.29, 1.82) is 0 Å². The SMILES string of the molecule is CCc1c[nH]c2cc(Br)cc(OC)c12. The minimum absolute atomic E-state index is 0.924. The first-order valence-electron chi connectivity index (χ1n) is 4.59. The highest BCUT2D eigenvalue weighted by Gasteiger charge is 2.08. The second kappa shape index (κ2) is 3.65. The summed E-state index contributed by atoms with van der Waals surface area (Å²) in [7, 11) is 1.70. The molecule has 1 aromatic heterocycles. The normalized spacial score (nSPS) is 10.8. The van der Waals surface area contributed by atoms with Gasteiger partial charge in [-0.1, -0.05) is 22.9 Å². The molecular formula is C11H12BrNO. The molecule has 0 spiro atoms. The van der Waals surface area contributed by atoms with Gasteiger partial charge in [0.1, 0.15) is 5.75 Å². The molecule has 14 heavy (non-hydrogen) atoms.